The van der Waals surface area contributed by atoms with E-state index in [0.717, 1.165) is 28.4 Å². The van der Waals surface area contributed by atoms with E-state index in [2.05, 4.69) is 11.5 Å². The van der Waals surface area contributed by atoms with Crippen molar-refractivity contribution in [1.82, 2.24) is 4.57 Å². The highest BCUT2D eigenvalue weighted by Gasteiger charge is 2.16. The first-order valence-electron chi connectivity index (χ1n) is 10.4. The largest absolute Gasteiger partial charge is 0.341 e. The molecule has 0 radical (unpaired) electrons. The lowest BCUT2D eigenvalue weighted by atomic mass is 9.99. The average molecular weight is 403 g/mol. The van der Waals surface area contributed by atoms with E-state index in [4.69, 9.17) is 0 Å². The molecule has 0 bridgehead atoms. The van der Waals surface area contributed by atoms with Gasteiger partial charge in [-0.2, -0.15) is 0 Å². The molecule has 1 heterocycles. The summed E-state index contributed by atoms with van der Waals surface area (Å²) in [4.78, 5) is 26.0. The molecule has 3 heteroatoms. The summed E-state index contributed by atoms with van der Waals surface area (Å²) in [5, 5.41) is 1.97. The summed E-state index contributed by atoms with van der Waals surface area (Å²) in [6.45, 7) is 2.91. The summed E-state index contributed by atoms with van der Waals surface area (Å²) in [6, 6.07) is 30.3. The fraction of sp³-hybridized carbons (Fsp3) is 0.0714. The van der Waals surface area contributed by atoms with Crippen molar-refractivity contribution in [3.63, 3.8) is 0 Å². The quantitative estimate of drug-likeness (QED) is 0.324. The van der Waals surface area contributed by atoms with Crippen molar-refractivity contribution in [3.8, 4) is 0 Å². The first-order chi connectivity index (χ1) is 15.2. The van der Waals surface area contributed by atoms with Crippen molar-refractivity contribution in [2.75, 3.05) is 0 Å². The fourth-order valence-corrected chi connectivity index (χ4v) is 4.24. The summed E-state index contributed by atoms with van der Waals surface area (Å²) in [7, 11) is 0. The van der Waals surface area contributed by atoms with Gasteiger partial charge in [0.15, 0.2) is 11.6 Å². The van der Waals surface area contributed by atoms with E-state index in [1.165, 1.54) is 0 Å². The Morgan fingerprint density at radius 3 is 1.39 bits per heavy atom. The third-order valence-corrected chi connectivity index (χ3v) is 5.78. The fourth-order valence-electron chi connectivity index (χ4n) is 4.24. The van der Waals surface area contributed by atoms with Crippen LogP contribution in [0.15, 0.2) is 97.1 Å². The van der Waals surface area contributed by atoms with Gasteiger partial charge in [-0.15, -0.1) is 0 Å². The number of hydrogen-bond acceptors (Lipinski definition) is 2. The third-order valence-electron chi connectivity index (χ3n) is 5.78. The minimum atomic E-state index is -0.00332. The third kappa shape index (κ3) is 3.24. The monoisotopic (exact) mass is 403 g/mol. The molecule has 0 amide bonds. The highest BCUT2D eigenvalue weighted by molar-refractivity contribution is 6.17. The normalized spacial score (nSPS) is 11.1. The van der Waals surface area contributed by atoms with Gasteiger partial charge in [-0.25, -0.2) is 0 Å². The maximum absolute atomic E-state index is 13.0. The molecule has 3 nitrogen and oxygen atoms in total. The zero-order chi connectivity index (χ0) is 21.4. The summed E-state index contributed by atoms with van der Waals surface area (Å²) in [5.41, 5.74) is 4.75. The molecule has 0 unspecified atom stereocenters. The summed E-state index contributed by atoms with van der Waals surface area (Å²) in [5.74, 6) is -0.00664. The molecule has 0 aliphatic heterocycles. The smallest absolute Gasteiger partial charge is 0.193 e. The molecular weight excluding hydrogens is 382 g/mol. The lowest BCUT2D eigenvalue weighted by molar-refractivity contribution is 0.103. The van der Waals surface area contributed by atoms with Crippen LogP contribution in [0.1, 0.15) is 38.8 Å². The Labute approximate surface area is 180 Å². The molecule has 4 aromatic carbocycles. The van der Waals surface area contributed by atoms with Crippen molar-refractivity contribution in [3.05, 3.63) is 119 Å². The van der Waals surface area contributed by atoms with Crippen LogP contribution >= 0.6 is 0 Å². The number of aryl methyl sites for hydroxylation is 1. The Morgan fingerprint density at radius 1 is 0.581 bits per heavy atom. The Bertz CT molecular complexity index is 1320. The number of hydrogen-bond donors (Lipinski definition) is 0. The van der Waals surface area contributed by atoms with Crippen molar-refractivity contribution >= 4 is 33.4 Å². The van der Waals surface area contributed by atoms with Gasteiger partial charge in [0.1, 0.15) is 0 Å². The molecule has 31 heavy (non-hydrogen) atoms. The van der Waals surface area contributed by atoms with E-state index >= 15 is 0 Å². The molecule has 150 valence electrons. The van der Waals surface area contributed by atoms with E-state index in [9.17, 15) is 9.59 Å². The predicted octanol–water partition coefficient (Wildman–Crippen LogP) is 6.28. The summed E-state index contributed by atoms with van der Waals surface area (Å²) < 4.78 is 2.22. The summed E-state index contributed by atoms with van der Waals surface area (Å²) >= 11 is 0. The van der Waals surface area contributed by atoms with Crippen LogP contribution in [0.3, 0.4) is 0 Å². The zero-order valence-electron chi connectivity index (χ0n) is 17.2. The van der Waals surface area contributed by atoms with Crippen LogP contribution in [0.5, 0.6) is 0 Å². The number of aromatic nitrogens is 1. The molecule has 0 aliphatic carbocycles. The summed E-state index contributed by atoms with van der Waals surface area (Å²) in [6.07, 6.45) is 0. The van der Waals surface area contributed by atoms with Gasteiger partial charge in [0.05, 0.1) is 0 Å². The van der Waals surface area contributed by atoms with Crippen LogP contribution in [0.4, 0.5) is 0 Å². The lowest BCUT2D eigenvalue weighted by Crippen LogP contribution is -2.01. The van der Waals surface area contributed by atoms with Crippen LogP contribution in [0, 0.1) is 0 Å². The second-order valence-corrected chi connectivity index (χ2v) is 7.60. The predicted molar refractivity (Wildman–Crippen MR) is 125 cm³/mol. The first-order valence-corrected chi connectivity index (χ1v) is 10.4. The minimum absolute atomic E-state index is 0.00332. The molecule has 0 spiro atoms. The number of benzene rings is 4. The van der Waals surface area contributed by atoms with Gasteiger partial charge in [0.25, 0.3) is 0 Å². The topological polar surface area (TPSA) is 39.1 Å². The maximum atomic E-state index is 13.0. The van der Waals surface area contributed by atoms with E-state index in [1.807, 2.05) is 97.1 Å². The molecule has 0 fully saturated rings. The maximum Gasteiger partial charge on any atom is 0.193 e. The van der Waals surface area contributed by atoms with Gasteiger partial charge in [0.2, 0.25) is 0 Å². The second-order valence-electron chi connectivity index (χ2n) is 7.60. The van der Waals surface area contributed by atoms with Crippen LogP contribution in [0.2, 0.25) is 0 Å². The zero-order valence-corrected chi connectivity index (χ0v) is 17.2. The van der Waals surface area contributed by atoms with Gasteiger partial charge < -0.3 is 4.57 Å². The molecule has 0 saturated carbocycles. The van der Waals surface area contributed by atoms with Crippen LogP contribution in [-0.2, 0) is 6.54 Å². The number of carbonyl (C=O) groups is 2. The molecule has 5 rings (SSSR count). The van der Waals surface area contributed by atoms with E-state index in [1.54, 1.807) is 0 Å². The standard InChI is InChI=1S/C28H21NO2/c1-2-29-25-15-13-21(27(30)19-9-5-3-6-10-19)17-23(25)24-18-22(14-16-26(24)29)28(31)20-11-7-4-8-12-20/h3-18H,2H2,1H3. The Hall–Kier alpha value is -3.98. The molecule has 1 aromatic heterocycles. The lowest BCUT2D eigenvalue weighted by Gasteiger charge is -2.05. The van der Waals surface area contributed by atoms with Crippen molar-refractivity contribution in [2.24, 2.45) is 0 Å². The van der Waals surface area contributed by atoms with Crippen LogP contribution in [-0.4, -0.2) is 16.1 Å². The number of fused-ring (bicyclic) bond motifs is 3. The Balaban J connectivity index is 1.68. The Kier molecular flexibility index (Phi) is 4.72. The number of carbonyl (C=O) groups excluding carboxylic acids is 2. The number of nitrogens with zero attached hydrogens (tertiary/aromatic N) is 1. The van der Waals surface area contributed by atoms with Gasteiger partial charge in [-0.1, -0.05) is 60.7 Å². The minimum Gasteiger partial charge on any atom is -0.341 e. The first kappa shape index (κ1) is 19.0. The molecular formula is C28H21NO2. The van der Waals surface area contributed by atoms with E-state index in [-0.39, 0.29) is 11.6 Å². The van der Waals surface area contributed by atoms with Crippen molar-refractivity contribution < 1.29 is 9.59 Å². The molecule has 0 atom stereocenters. The van der Waals surface area contributed by atoms with Crippen LogP contribution in [0.25, 0.3) is 21.8 Å². The molecule has 0 N–H and O–H groups in total. The van der Waals surface area contributed by atoms with Gasteiger partial charge in [-0.05, 0) is 43.3 Å². The van der Waals surface area contributed by atoms with E-state index < -0.39 is 0 Å². The second kappa shape index (κ2) is 7.69. The Morgan fingerprint density at radius 2 is 1.00 bits per heavy atom. The van der Waals surface area contributed by atoms with E-state index in [0.29, 0.717) is 22.3 Å². The van der Waals surface area contributed by atoms with Crippen LogP contribution < -0.4 is 0 Å². The molecule has 0 aliphatic rings. The number of rotatable bonds is 5. The number of ketones is 2. The molecule has 0 saturated heterocycles. The highest BCUT2D eigenvalue weighted by Crippen LogP contribution is 2.31. The average Bonchev–Trinajstić information content (AvgIpc) is 3.16. The SMILES string of the molecule is CCn1c2ccc(C(=O)c3ccccc3)cc2c2cc(C(=O)c3ccccc3)ccc21. The van der Waals surface area contributed by atoms with Crippen molar-refractivity contribution in [1.29, 1.82) is 0 Å². The van der Waals surface area contributed by atoms with Gasteiger partial charge in [0, 0.05) is 50.6 Å². The van der Waals surface area contributed by atoms with Gasteiger partial charge >= 0.3 is 0 Å². The highest BCUT2D eigenvalue weighted by atomic mass is 16.1. The van der Waals surface area contributed by atoms with Gasteiger partial charge in [-0.3, -0.25) is 9.59 Å². The van der Waals surface area contributed by atoms with Crippen molar-refractivity contribution in [2.45, 2.75) is 13.5 Å². The molecule has 5 aromatic rings.